The monoisotopic (exact) mass is 304 g/mol. The molecule has 3 aromatic rings. The number of carboxylic acids is 1. The largest absolute Gasteiger partial charge is 0.478 e. The van der Waals surface area contributed by atoms with Gasteiger partial charge in [0.2, 0.25) is 0 Å². The molecule has 100 valence electrons. The summed E-state index contributed by atoms with van der Waals surface area (Å²) in [6, 6.07) is 6.42. The van der Waals surface area contributed by atoms with Crippen LogP contribution >= 0.6 is 22.9 Å². The fraction of sp³-hybridized carbons (Fsp3) is 0.0714. The van der Waals surface area contributed by atoms with Gasteiger partial charge < -0.3 is 5.11 Å². The number of nitrogens with zero attached hydrogens (tertiary/aromatic N) is 2. The summed E-state index contributed by atoms with van der Waals surface area (Å²) in [5, 5.41) is 12.2. The van der Waals surface area contributed by atoms with E-state index in [2.05, 4.69) is 9.97 Å². The molecule has 0 spiro atoms. The molecule has 0 radical (unpaired) electrons. The summed E-state index contributed by atoms with van der Waals surface area (Å²) in [6.45, 7) is 1.97. The number of carboxylic acid groups (broad SMARTS) is 1. The van der Waals surface area contributed by atoms with E-state index >= 15 is 0 Å². The third-order valence-electron chi connectivity index (χ3n) is 2.96. The number of hydrogen-bond acceptors (Lipinski definition) is 4. The van der Waals surface area contributed by atoms with Gasteiger partial charge in [-0.3, -0.25) is 0 Å². The lowest BCUT2D eigenvalue weighted by molar-refractivity contribution is 0.0697. The number of aromatic carboxylic acids is 1. The molecule has 4 nitrogen and oxygen atoms in total. The van der Waals surface area contributed by atoms with E-state index in [0.29, 0.717) is 11.0 Å². The van der Waals surface area contributed by atoms with Crippen LogP contribution in [0.3, 0.4) is 0 Å². The van der Waals surface area contributed by atoms with Crippen molar-refractivity contribution in [3.05, 3.63) is 45.9 Å². The van der Waals surface area contributed by atoms with Gasteiger partial charge in [-0.1, -0.05) is 23.7 Å². The lowest BCUT2D eigenvalue weighted by atomic mass is 10.1. The number of thiophene rings is 1. The quantitative estimate of drug-likeness (QED) is 0.726. The molecular formula is C14H9ClN2O2S. The van der Waals surface area contributed by atoms with E-state index in [4.69, 9.17) is 16.7 Å². The Kier molecular flexibility index (Phi) is 3.16. The van der Waals surface area contributed by atoms with Gasteiger partial charge in [0, 0.05) is 5.56 Å². The Morgan fingerprint density at radius 3 is 2.60 bits per heavy atom. The fourth-order valence-corrected chi connectivity index (χ4v) is 3.22. The number of halogens is 1. The first kappa shape index (κ1) is 13.0. The zero-order valence-electron chi connectivity index (χ0n) is 10.4. The minimum atomic E-state index is -0.958. The van der Waals surface area contributed by atoms with E-state index in [-0.39, 0.29) is 5.56 Å². The maximum Gasteiger partial charge on any atom is 0.335 e. The van der Waals surface area contributed by atoms with Crippen molar-refractivity contribution in [2.45, 2.75) is 6.92 Å². The molecule has 0 saturated carbocycles. The molecule has 0 unspecified atom stereocenters. The molecule has 6 heteroatoms. The van der Waals surface area contributed by atoms with Gasteiger partial charge in [0.25, 0.3) is 0 Å². The van der Waals surface area contributed by atoms with Crippen LogP contribution in [-0.4, -0.2) is 21.0 Å². The van der Waals surface area contributed by atoms with Crippen LogP contribution in [0.5, 0.6) is 0 Å². The third kappa shape index (κ3) is 2.15. The maximum atomic E-state index is 10.8. The minimum Gasteiger partial charge on any atom is -0.478 e. The van der Waals surface area contributed by atoms with Crippen LogP contribution in [0.15, 0.2) is 29.6 Å². The Morgan fingerprint density at radius 1 is 1.25 bits per heavy atom. The number of benzene rings is 1. The van der Waals surface area contributed by atoms with Crippen LogP contribution in [0.4, 0.5) is 0 Å². The lowest BCUT2D eigenvalue weighted by Gasteiger charge is -2.03. The number of aryl methyl sites for hydroxylation is 1. The molecule has 0 aliphatic carbocycles. The Labute approximate surface area is 123 Å². The first-order valence-electron chi connectivity index (χ1n) is 5.81. The third-order valence-corrected chi connectivity index (χ3v) is 4.23. The van der Waals surface area contributed by atoms with E-state index in [0.717, 1.165) is 21.3 Å². The van der Waals surface area contributed by atoms with Gasteiger partial charge >= 0.3 is 5.97 Å². The van der Waals surface area contributed by atoms with Gasteiger partial charge in [-0.2, -0.15) is 0 Å². The zero-order valence-corrected chi connectivity index (χ0v) is 12.0. The van der Waals surface area contributed by atoms with Crippen LogP contribution in [0, 0.1) is 6.92 Å². The summed E-state index contributed by atoms with van der Waals surface area (Å²) < 4.78 is 0. The van der Waals surface area contributed by atoms with Crippen molar-refractivity contribution >= 4 is 39.1 Å². The highest BCUT2D eigenvalue weighted by molar-refractivity contribution is 7.17. The summed E-state index contributed by atoms with van der Waals surface area (Å²) in [4.78, 5) is 20.4. The smallest absolute Gasteiger partial charge is 0.335 e. The fourth-order valence-electron chi connectivity index (χ4n) is 1.92. The Bertz CT molecular complexity index is 812. The predicted molar refractivity (Wildman–Crippen MR) is 79.6 cm³/mol. The van der Waals surface area contributed by atoms with Crippen molar-refractivity contribution in [1.29, 1.82) is 0 Å². The summed E-state index contributed by atoms with van der Waals surface area (Å²) in [5.74, 6) is -0.457. The van der Waals surface area contributed by atoms with E-state index in [1.807, 2.05) is 12.3 Å². The van der Waals surface area contributed by atoms with E-state index in [1.165, 1.54) is 23.5 Å². The molecule has 2 aromatic heterocycles. The standard InChI is InChI=1S/C14H9ClN2O2S/c1-7-6-20-13-10(7)11(15)16-12(17-13)8-2-4-9(5-3-8)14(18)19/h2-6H,1H3,(H,18,19). The number of hydrogen-bond donors (Lipinski definition) is 1. The lowest BCUT2D eigenvalue weighted by Crippen LogP contribution is -1.96. The van der Waals surface area contributed by atoms with Crippen LogP contribution in [0.1, 0.15) is 15.9 Å². The number of fused-ring (bicyclic) bond motifs is 1. The van der Waals surface area contributed by atoms with Crippen molar-refractivity contribution in [3.8, 4) is 11.4 Å². The van der Waals surface area contributed by atoms with E-state index < -0.39 is 5.97 Å². The Morgan fingerprint density at radius 2 is 1.95 bits per heavy atom. The molecule has 3 rings (SSSR count). The van der Waals surface area contributed by atoms with Crippen molar-refractivity contribution in [2.75, 3.05) is 0 Å². The molecule has 0 aliphatic heterocycles. The Balaban J connectivity index is 2.12. The van der Waals surface area contributed by atoms with Crippen LogP contribution < -0.4 is 0 Å². The van der Waals surface area contributed by atoms with Gasteiger partial charge in [-0.15, -0.1) is 11.3 Å². The first-order chi connectivity index (χ1) is 9.56. The second-order valence-corrected chi connectivity index (χ2v) is 5.54. The molecule has 0 amide bonds. The SMILES string of the molecule is Cc1csc2nc(-c3ccc(C(=O)O)cc3)nc(Cl)c12. The molecule has 0 saturated heterocycles. The minimum absolute atomic E-state index is 0.230. The molecule has 1 aromatic carbocycles. The normalized spacial score (nSPS) is 10.9. The van der Waals surface area contributed by atoms with Crippen LogP contribution in [0.25, 0.3) is 21.6 Å². The second kappa shape index (κ2) is 4.85. The summed E-state index contributed by atoms with van der Waals surface area (Å²) >= 11 is 7.72. The molecule has 0 fully saturated rings. The second-order valence-electron chi connectivity index (χ2n) is 4.32. The van der Waals surface area contributed by atoms with Gasteiger partial charge in [-0.25, -0.2) is 14.8 Å². The van der Waals surface area contributed by atoms with E-state index in [9.17, 15) is 4.79 Å². The van der Waals surface area contributed by atoms with Gasteiger partial charge in [0.05, 0.1) is 10.9 Å². The van der Waals surface area contributed by atoms with Crippen molar-refractivity contribution < 1.29 is 9.90 Å². The molecule has 1 N–H and O–H groups in total. The summed E-state index contributed by atoms with van der Waals surface area (Å²) in [5.41, 5.74) is 2.03. The molecule has 0 atom stereocenters. The average molecular weight is 305 g/mol. The predicted octanol–water partition coefficient (Wildman–Crippen LogP) is 4.02. The highest BCUT2D eigenvalue weighted by atomic mass is 35.5. The van der Waals surface area contributed by atoms with Gasteiger partial charge in [0.15, 0.2) is 5.82 Å². The Hall–Kier alpha value is -1.98. The summed E-state index contributed by atoms with van der Waals surface area (Å²) in [7, 11) is 0. The maximum absolute atomic E-state index is 10.8. The highest BCUT2D eigenvalue weighted by Gasteiger charge is 2.12. The van der Waals surface area contributed by atoms with E-state index in [1.54, 1.807) is 12.1 Å². The summed E-state index contributed by atoms with van der Waals surface area (Å²) in [6.07, 6.45) is 0. The molecular weight excluding hydrogens is 296 g/mol. The number of rotatable bonds is 2. The highest BCUT2D eigenvalue weighted by Crippen LogP contribution is 2.31. The van der Waals surface area contributed by atoms with Crippen molar-refractivity contribution in [2.24, 2.45) is 0 Å². The first-order valence-corrected chi connectivity index (χ1v) is 7.07. The van der Waals surface area contributed by atoms with Crippen LogP contribution in [0.2, 0.25) is 5.15 Å². The van der Waals surface area contributed by atoms with Gasteiger partial charge in [0.1, 0.15) is 9.98 Å². The number of aromatic nitrogens is 2. The molecule has 2 heterocycles. The number of carbonyl (C=O) groups is 1. The van der Waals surface area contributed by atoms with Crippen molar-refractivity contribution in [3.63, 3.8) is 0 Å². The molecule has 0 aliphatic rings. The van der Waals surface area contributed by atoms with Crippen molar-refractivity contribution in [1.82, 2.24) is 9.97 Å². The van der Waals surface area contributed by atoms with Gasteiger partial charge in [-0.05, 0) is 30.0 Å². The topological polar surface area (TPSA) is 63.1 Å². The van der Waals surface area contributed by atoms with Crippen LogP contribution in [-0.2, 0) is 0 Å². The zero-order chi connectivity index (χ0) is 14.3. The molecule has 20 heavy (non-hydrogen) atoms. The average Bonchev–Trinajstić information content (AvgIpc) is 2.81. The molecule has 0 bridgehead atoms.